The normalized spacial score (nSPS) is 20.4. The van der Waals surface area contributed by atoms with Crippen molar-refractivity contribution in [1.29, 1.82) is 0 Å². The molecule has 1 amide bonds. The first-order valence-electron chi connectivity index (χ1n) is 5.77. The topological polar surface area (TPSA) is 52.9 Å². The highest BCUT2D eigenvalue weighted by Gasteiger charge is 2.28. The van der Waals surface area contributed by atoms with Crippen molar-refractivity contribution in [1.82, 2.24) is 4.90 Å². The summed E-state index contributed by atoms with van der Waals surface area (Å²) in [5.74, 6) is 0.465. The summed E-state index contributed by atoms with van der Waals surface area (Å²) in [5.41, 5.74) is 1.15. The summed E-state index contributed by atoms with van der Waals surface area (Å²) in [6, 6.07) is 9.97. The van der Waals surface area contributed by atoms with Gasteiger partial charge in [-0.05, 0) is 17.9 Å². The van der Waals surface area contributed by atoms with Crippen molar-refractivity contribution >= 4 is 12.1 Å². The van der Waals surface area contributed by atoms with E-state index >= 15 is 0 Å². The van der Waals surface area contributed by atoms with E-state index in [4.69, 9.17) is 5.21 Å². The second-order valence-electron chi connectivity index (χ2n) is 4.36. The SMILES string of the molecule is O=C1CC(CC=NO)CN1Cc1ccccc1. The number of nitrogens with zero attached hydrogens (tertiary/aromatic N) is 2. The van der Waals surface area contributed by atoms with E-state index in [0.29, 0.717) is 19.4 Å². The molecule has 1 heterocycles. The van der Waals surface area contributed by atoms with Crippen molar-refractivity contribution < 1.29 is 10.0 Å². The van der Waals surface area contributed by atoms with Crippen LogP contribution in [0.25, 0.3) is 0 Å². The number of rotatable bonds is 4. The zero-order valence-electron chi connectivity index (χ0n) is 9.62. The number of carbonyl (C=O) groups excluding carboxylic acids is 1. The van der Waals surface area contributed by atoms with Crippen molar-refractivity contribution in [3.63, 3.8) is 0 Å². The largest absolute Gasteiger partial charge is 0.411 e. The van der Waals surface area contributed by atoms with E-state index in [0.717, 1.165) is 12.1 Å². The monoisotopic (exact) mass is 232 g/mol. The molecule has 0 saturated carbocycles. The van der Waals surface area contributed by atoms with Gasteiger partial charge in [0.15, 0.2) is 0 Å². The Hall–Kier alpha value is -1.84. The van der Waals surface area contributed by atoms with E-state index in [9.17, 15) is 4.79 Å². The van der Waals surface area contributed by atoms with Gasteiger partial charge in [-0.2, -0.15) is 0 Å². The van der Waals surface area contributed by atoms with Crippen LogP contribution in [-0.4, -0.2) is 28.8 Å². The fourth-order valence-electron chi connectivity index (χ4n) is 2.16. The Morgan fingerprint density at radius 3 is 2.88 bits per heavy atom. The summed E-state index contributed by atoms with van der Waals surface area (Å²) in [6.07, 6.45) is 2.68. The molecule has 0 radical (unpaired) electrons. The lowest BCUT2D eigenvalue weighted by Gasteiger charge is -2.16. The minimum atomic E-state index is 0.185. The molecule has 17 heavy (non-hydrogen) atoms. The van der Waals surface area contributed by atoms with Gasteiger partial charge in [0.05, 0.1) is 0 Å². The lowest BCUT2D eigenvalue weighted by atomic mass is 10.1. The Morgan fingerprint density at radius 1 is 1.41 bits per heavy atom. The first-order valence-corrected chi connectivity index (χ1v) is 5.77. The molecule has 1 aliphatic heterocycles. The van der Waals surface area contributed by atoms with E-state index in [1.165, 1.54) is 6.21 Å². The quantitative estimate of drug-likeness (QED) is 0.489. The van der Waals surface area contributed by atoms with Crippen LogP contribution in [0, 0.1) is 5.92 Å². The molecule has 1 aromatic carbocycles. The lowest BCUT2D eigenvalue weighted by Crippen LogP contribution is -2.24. The Bertz CT molecular complexity index is 403. The third-order valence-electron chi connectivity index (χ3n) is 3.03. The van der Waals surface area contributed by atoms with Crippen LogP contribution in [0.5, 0.6) is 0 Å². The highest BCUT2D eigenvalue weighted by atomic mass is 16.4. The zero-order valence-corrected chi connectivity index (χ0v) is 9.62. The number of likely N-dealkylation sites (tertiary alicyclic amines) is 1. The molecule has 1 aromatic rings. The minimum absolute atomic E-state index is 0.185. The zero-order chi connectivity index (χ0) is 12.1. The number of amides is 1. The molecule has 4 heteroatoms. The maximum atomic E-state index is 11.8. The van der Waals surface area contributed by atoms with E-state index in [1.807, 2.05) is 35.2 Å². The third-order valence-corrected chi connectivity index (χ3v) is 3.03. The summed E-state index contributed by atoms with van der Waals surface area (Å²) >= 11 is 0. The van der Waals surface area contributed by atoms with Gasteiger partial charge in [0.2, 0.25) is 5.91 Å². The maximum absolute atomic E-state index is 11.8. The number of oxime groups is 1. The molecule has 1 saturated heterocycles. The molecule has 4 nitrogen and oxygen atoms in total. The maximum Gasteiger partial charge on any atom is 0.223 e. The highest BCUT2D eigenvalue weighted by Crippen LogP contribution is 2.21. The van der Waals surface area contributed by atoms with Crippen LogP contribution in [0.1, 0.15) is 18.4 Å². The Balaban J connectivity index is 1.92. The summed E-state index contributed by atoms with van der Waals surface area (Å²) in [6.45, 7) is 1.42. The molecule has 1 atom stereocenters. The van der Waals surface area contributed by atoms with Crippen LogP contribution in [0.2, 0.25) is 0 Å². The molecule has 0 bridgehead atoms. The second-order valence-corrected chi connectivity index (χ2v) is 4.36. The number of benzene rings is 1. The first-order chi connectivity index (χ1) is 8.29. The molecule has 1 fully saturated rings. The predicted molar refractivity (Wildman–Crippen MR) is 64.9 cm³/mol. The van der Waals surface area contributed by atoms with Crippen molar-refractivity contribution in [3.8, 4) is 0 Å². The third kappa shape index (κ3) is 3.06. The minimum Gasteiger partial charge on any atom is -0.411 e. The first kappa shape index (κ1) is 11.6. The van der Waals surface area contributed by atoms with Gasteiger partial charge in [0.1, 0.15) is 0 Å². The fraction of sp³-hybridized carbons (Fsp3) is 0.385. The Kier molecular flexibility index (Phi) is 3.75. The van der Waals surface area contributed by atoms with Gasteiger partial charge in [0, 0.05) is 25.7 Å². The molecule has 1 N–H and O–H groups in total. The summed E-state index contributed by atoms with van der Waals surface area (Å²) in [7, 11) is 0. The molecule has 0 aliphatic carbocycles. The number of hydrogen-bond donors (Lipinski definition) is 1. The van der Waals surface area contributed by atoms with E-state index in [-0.39, 0.29) is 11.8 Å². The predicted octanol–water partition coefficient (Wildman–Crippen LogP) is 1.89. The summed E-state index contributed by atoms with van der Waals surface area (Å²) < 4.78 is 0. The van der Waals surface area contributed by atoms with Gasteiger partial charge < -0.3 is 10.1 Å². The van der Waals surface area contributed by atoms with Gasteiger partial charge in [-0.15, -0.1) is 5.16 Å². The van der Waals surface area contributed by atoms with Crippen LogP contribution in [0.3, 0.4) is 0 Å². The van der Waals surface area contributed by atoms with Crippen LogP contribution >= 0.6 is 0 Å². The van der Waals surface area contributed by atoms with E-state index in [1.54, 1.807) is 0 Å². The lowest BCUT2D eigenvalue weighted by molar-refractivity contribution is -0.128. The van der Waals surface area contributed by atoms with Crippen LogP contribution in [0.15, 0.2) is 35.5 Å². The number of carbonyl (C=O) groups is 1. The molecule has 1 unspecified atom stereocenters. The van der Waals surface area contributed by atoms with Gasteiger partial charge >= 0.3 is 0 Å². The molecular weight excluding hydrogens is 216 g/mol. The van der Waals surface area contributed by atoms with Crippen molar-refractivity contribution in [3.05, 3.63) is 35.9 Å². The Labute approximate surface area is 101 Å². The van der Waals surface area contributed by atoms with Crippen molar-refractivity contribution in [2.24, 2.45) is 11.1 Å². The Morgan fingerprint density at radius 2 is 2.18 bits per heavy atom. The van der Waals surface area contributed by atoms with Crippen LogP contribution < -0.4 is 0 Å². The highest BCUT2D eigenvalue weighted by molar-refractivity contribution is 5.79. The average molecular weight is 232 g/mol. The molecule has 0 spiro atoms. The molecule has 90 valence electrons. The molecule has 1 aliphatic rings. The second kappa shape index (κ2) is 5.48. The molecule has 2 rings (SSSR count). The molecular formula is C13H16N2O2. The van der Waals surface area contributed by atoms with E-state index in [2.05, 4.69) is 5.16 Å². The smallest absolute Gasteiger partial charge is 0.223 e. The van der Waals surface area contributed by atoms with Gasteiger partial charge in [-0.3, -0.25) is 4.79 Å². The molecule has 0 aromatic heterocycles. The average Bonchev–Trinajstić information content (AvgIpc) is 2.69. The van der Waals surface area contributed by atoms with Gasteiger partial charge in [-0.1, -0.05) is 30.3 Å². The van der Waals surface area contributed by atoms with Gasteiger partial charge in [-0.25, -0.2) is 0 Å². The summed E-state index contributed by atoms with van der Waals surface area (Å²) in [5, 5.41) is 11.3. The van der Waals surface area contributed by atoms with Crippen LogP contribution in [-0.2, 0) is 11.3 Å². The number of hydrogen-bond acceptors (Lipinski definition) is 3. The van der Waals surface area contributed by atoms with Crippen molar-refractivity contribution in [2.45, 2.75) is 19.4 Å². The fourth-order valence-corrected chi connectivity index (χ4v) is 2.16. The van der Waals surface area contributed by atoms with Gasteiger partial charge in [0.25, 0.3) is 0 Å². The standard InChI is InChI=1S/C13H16N2O2/c16-13-8-12(6-7-14-17)10-15(13)9-11-4-2-1-3-5-11/h1-5,7,12,17H,6,8-10H2. The van der Waals surface area contributed by atoms with Crippen molar-refractivity contribution in [2.75, 3.05) is 6.54 Å². The summed E-state index contributed by atoms with van der Waals surface area (Å²) in [4.78, 5) is 13.6. The van der Waals surface area contributed by atoms with Crippen LogP contribution in [0.4, 0.5) is 0 Å². The van der Waals surface area contributed by atoms with E-state index < -0.39 is 0 Å².